The minimum absolute atomic E-state index is 0.886. The van der Waals surface area contributed by atoms with Crippen LogP contribution in [0.2, 0.25) is 0 Å². The molecule has 46 heavy (non-hydrogen) atoms. The van der Waals surface area contributed by atoms with Gasteiger partial charge < -0.3 is 18.0 Å². The maximum atomic E-state index is 6.61. The van der Waals surface area contributed by atoms with Gasteiger partial charge in [0.15, 0.2) is 5.58 Å². The van der Waals surface area contributed by atoms with Gasteiger partial charge in [-0.25, -0.2) is 0 Å². The van der Waals surface area contributed by atoms with Crippen molar-refractivity contribution < 1.29 is 8.83 Å². The van der Waals surface area contributed by atoms with Gasteiger partial charge in [-0.2, -0.15) is 0 Å². The third kappa shape index (κ3) is 3.03. The molecule has 214 valence electrons. The molecule has 0 aliphatic rings. The molecule has 0 N–H and O–H groups in total. The third-order valence-electron chi connectivity index (χ3n) is 9.71. The van der Waals surface area contributed by atoms with Gasteiger partial charge in [-0.1, -0.05) is 91.0 Å². The molecule has 0 radical (unpaired) electrons. The van der Waals surface area contributed by atoms with Crippen LogP contribution < -0.4 is 0 Å². The van der Waals surface area contributed by atoms with Crippen LogP contribution in [0.5, 0.6) is 0 Å². The summed E-state index contributed by atoms with van der Waals surface area (Å²) >= 11 is 0. The predicted octanol–water partition coefficient (Wildman–Crippen LogP) is 11.7. The average molecular weight is 589 g/mol. The Hall–Kier alpha value is -6.26. The predicted molar refractivity (Wildman–Crippen MR) is 190 cm³/mol. The first-order chi connectivity index (χ1) is 22.8. The van der Waals surface area contributed by atoms with E-state index in [9.17, 15) is 0 Å². The van der Waals surface area contributed by atoms with E-state index in [1.807, 2.05) is 18.2 Å². The second-order valence-corrected chi connectivity index (χ2v) is 12.1. The van der Waals surface area contributed by atoms with Gasteiger partial charge in [0.1, 0.15) is 16.7 Å². The molecule has 0 amide bonds. The zero-order valence-electron chi connectivity index (χ0n) is 24.6. The number of nitrogens with zero attached hydrogens (tertiary/aromatic N) is 2. The number of fused-ring (bicyclic) bond motifs is 13. The Labute approximate surface area is 261 Å². The lowest BCUT2D eigenvalue weighted by atomic mass is 10.1. The number of aromatic nitrogens is 2. The van der Waals surface area contributed by atoms with E-state index in [1.54, 1.807) is 0 Å². The van der Waals surface area contributed by atoms with Gasteiger partial charge >= 0.3 is 0 Å². The fourth-order valence-corrected chi connectivity index (χ4v) is 7.80. The molecule has 0 fully saturated rings. The van der Waals surface area contributed by atoms with Crippen LogP contribution in [0, 0.1) is 0 Å². The number of para-hydroxylation sites is 5. The Kier molecular flexibility index (Phi) is 4.55. The Bertz CT molecular complexity index is 3040. The Morgan fingerprint density at radius 2 is 0.978 bits per heavy atom. The van der Waals surface area contributed by atoms with E-state index in [2.05, 4.69) is 137 Å². The van der Waals surface area contributed by atoms with Crippen LogP contribution in [0.15, 0.2) is 154 Å². The molecule has 11 rings (SSSR count). The summed E-state index contributed by atoms with van der Waals surface area (Å²) in [5.41, 5.74) is 10.3. The average Bonchev–Trinajstić information content (AvgIpc) is 3.85. The maximum Gasteiger partial charge on any atom is 0.159 e. The molecule has 11 aromatic rings. The molecule has 0 saturated carbocycles. The first kappa shape index (κ1) is 24.1. The smallest absolute Gasteiger partial charge is 0.159 e. The lowest BCUT2D eigenvalue weighted by molar-refractivity contribution is 0.666. The molecule has 4 aromatic heterocycles. The molecule has 4 nitrogen and oxygen atoms in total. The fraction of sp³-hybridized carbons (Fsp3) is 0. The summed E-state index contributed by atoms with van der Waals surface area (Å²) < 4.78 is 17.7. The van der Waals surface area contributed by atoms with E-state index in [0.29, 0.717) is 0 Å². The van der Waals surface area contributed by atoms with Crippen LogP contribution in [0.4, 0.5) is 0 Å². The van der Waals surface area contributed by atoms with E-state index < -0.39 is 0 Å². The quantitative estimate of drug-likeness (QED) is 0.201. The van der Waals surface area contributed by atoms with Crippen LogP contribution in [-0.4, -0.2) is 9.13 Å². The highest BCUT2D eigenvalue weighted by atomic mass is 16.3. The van der Waals surface area contributed by atoms with Crippen molar-refractivity contribution in [2.75, 3.05) is 0 Å². The van der Waals surface area contributed by atoms with E-state index in [4.69, 9.17) is 8.83 Å². The van der Waals surface area contributed by atoms with Gasteiger partial charge in [-0.05, 0) is 48.5 Å². The van der Waals surface area contributed by atoms with Gasteiger partial charge in [0.2, 0.25) is 0 Å². The van der Waals surface area contributed by atoms with Crippen LogP contribution in [0.25, 0.3) is 98.9 Å². The van der Waals surface area contributed by atoms with Crippen LogP contribution >= 0.6 is 0 Å². The molecule has 0 saturated heterocycles. The van der Waals surface area contributed by atoms with Gasteiger partial charge in [0.25, 0.3) is 0 Å². The molecule has 7 aromatic carbocycles. The molecule has 0 atom stereocenters. The van der Waals surface area contributed by atoms with Crippen molar-refractivity contribution in [2.45, 2.75) is 0 Å². The maximum absolute atomic E-state index is 6.61. The van der Waals surface area contributed by atoms with Crippen LogP contribution in [0.1, 0.15) is 0 Å². The van der Waals surface area contributed by atoms with Crippen molar-refractivity contribution in [1.29, 1.82) is 0 Å². The Morgan fingerprint density at radius 3 is 1.80 bits per heavy atom. The SMILES string of the molecule is c1ccc2c(c1)oc1cc(-n3c4ccccc4c4c3ccc3c5ccccc5n(-c5cccc6c5oc5ccccc56)c34)ccc12. The van der Waals surface area contributed by atoms with Crippen molar-refractivity contribution in [1.82, 2.24) is 9.13 Å². The number of rotatable bonds is 2. The first-order valence-electron chi connectivity index (χ1n) is 15.6. The monoisotopic (exact) mass is 588 g/mol. The molecule has 0 bridgehead atoms. The summed E-state index contributed by atoms with van der Waals surface area (Å²) in [5.74, 6) is 0. The van der Waals surface area contributed by atoms with Crippen LogP contribution in [0.3, 0.4) is 0 Å². The molecule has 0 aliphatic heterocycles. The fourth-order valence-electron chi connectivity index (χ4n) is 7.80. The third-order valence-corrected chi connectivity index (χ3v) is 9.71. The van der Waals surface area contributed by atoms with E-state index >= 15 is 0 Å². The van der Waals surface area contributed by atoms with Gasteiger partial charge in [0.05, 0.1) is 27.8 Å². The number of hydrogen-bond donors (Lipinski definition) is 0. The minimum atomic E-state index is 0.886. The van der Waals surface area contributed by atoms with E-state index in [0.717, 1.165) is 71.8 Å². The van der Waals surface area contributed by atoms with Crippen molar-refractivity contribution >= 4 is 87.5 Å². The molecular weight excluding hydrogens is 564 g/mol. The normalized spacial score (nSPS) is 12.3. The molecule has 0 unspecified atom stereocenters. The number of hydrogen-bond acceptors (Lipinski definition) is 2. The van der Waals surface area contributed by atoms with E-state index in [-0.39, 0.29) is 0 Å². The van der Waals surface area contributed by atoms with Crippen LogP contribution in [-0.2, 0) is 0 Å². The van der Waals surface area contributed by atoms with Gasteiger partial charge in [-0.15, -0.1) is 0 Å². The number of benzene rings is 7. The zero-order valence-corrected chi connectivity index (χ0v) is 24.6. The minimum Gasteiger partial charge on any atom is -0.456 e. The zero-order chi connectivity index (χ0) is 29.9. The van der Waals surface area contributed by atoms with Gasteiger partial charge in [0, 0.05) is 54.8 Å². The summed E-state index contributed by atoms with van der Waals surface area (Å²) in [6.45, 7) is 0. The second-order valence-electron chi connectivity index (χ2n) is 12.1. The molecule has 0 aliphatic carbocycles. The summed E-state index contributed by atoms with van der Waals surface area (Å²) in [6, 6.07) is 51.6. The van der Waals surface area contributed by atoms with Gasteiger partial charge in [-0.3, -0.25) is 0 Å². The molecule has 0 spiro atoms. The Balaban J connectivity index is 1.30. The highest BCUT2D eigenvalue weighted by Gasteiger charge is 2.23. The lowest BCUT2D eigenvalue weighted by Gasteiger charge is -2.10. The standard InChI is InChI=1S/C42H24N2O2/c1-5-15-33-26(10-1)30-22-23-35-40(41(30)44(33)36-17-9-14-31-28-12-4-8-19-38(28)46-42(31)36)32-13-2-6-16-34(32)43(35)25-20-21-29-27-11-3-7-18-37(27)45-39(29)24-25/h1-24H. The summed E-state index contributed by atoms with van der Waals surface area (Å²) in [7, 11) is 0. The summed E-state index contributed by atoms with van der Waals surface area (Å²) in [5, 5.41) is 9.35. The largest absolute Gasteiger partial charge is 0.456 e. The van der Waals surface area contributed by atoms with Crippen molar-refractivity contribution in [3.8, 4) is 11.4 Å². The molecular formula is C42H24N2O2. The Morgan fingerprint density at radius 1 is 0.370 bits per heavy atom. The summed E-state index contributed by atoms with van der Waals surface area (Å²) in [4.78, 5) is 0. The summed E-state index contributed by atoms with van der Waals surface area (Å²) in [6.07, 6.45) is 0. The van der Waals surface area contributed by atoms with Crippen molar-refractivity contribution in [3.63, 3.8) is 0 Å². The topological polar surface area (TPSA) is 36.1 Å². The highest BCUT2D eigenvalue weighted by molar-refractivity contribution is 6.26. The second kappa shape index (κ2) is 8.68. The highest BCUT2D eigenvalue weighted by Crippen LogP contribution is 2.44. The first-order valence-corrected chi connectivity index (χ1v) is 15.6. The lowest BCUT2D eigenvalue weighted by Crippen LogP contribution is -1.96. The van der Waals surface area contributed by atoms with Crippen molar-refractivity contribution in [2.24, 2.45) is 0 Å². The van der Waals surface area contributed by atoms with E-state index in [1.165, 1.54) is 27.1 Å². The number of furan rings is 2. The van der Waals surface area contributed by atoms with Crippen molar-refractivity contribution in [3.05, 3.63) is 146 Å². The molecule has 4 heteroatoms. The molecule has 4 heterocycles.